The summed E-state index contributed by atoms with van der Waals surface area (Å²) in [4.78, 5) is 37.6. The van der Waals surface area contributed by atoms with E-state index in [0.29, 0.717) is 23.9 Å². The van der Waals surface area contributed by atoms with Gasteiger partial charge >= 0.3 is 11.9 Å². The number of carboxylic acids is 1. The average molecular weight is 1360 g/mol. The Kier molecular flexibility index (Phi) is 74.9. The monoisotopic (exact) mass is 1360 g/mol. The minimum atomic E-state index is -1.63. The van der Waals surface area contributed by atoms with Crippen molar-refractivity contribution in [2.75, 3.05) is 47.5 Å². The molecule has 97 heavy (non-hydrogen) atoms. The number of quaternary nitrogens is 1. The summed E-state index contributed by atoms with van der Waals surface area (Å²) in [5.74, 6) is -2.27. The number of hydrogen-bond acceptors (Lipinski definition) is 8. The summed E-state index contributed by atoms with van der Waals surface area (Å²) in [6.45, 7) is 4.68. The van der Waals surface area contributed by atoms with Gasteiger partial charge in [-0.2, -0.15) is 0 Å². The second-order valence-electron chi connectivity index (χ2n) is 29.0. The molecule has 0 saturated carbocycles. The topological polar surface area (TPSA) is 111 Å². The zero-order valence-electron chi connectivity index (χ0n) is 64.4. The first-order chi connectivity index (χ1) is 47.6. The molecule has 0 aromatic carbocycles. The lowest BCUT2D eigenvalue weighted by Crippen LogP contribution is -2.44. The highest BCUT2D eigenvalue weighted by Gasteiger charge is 2.22. The van der Waals surface area contributed by atoms with E-state index in [1.54, 1.807) is 0 Å². The molecule has 0 saturated heterocycles. The minimum absolute atomic E-state index is 0.145. The van der Waals surface area contributed by atoms with E-state index < -0.39 is 24.3 Å². The first-order valence-corrected chi connectivity index (χ1v) is 41.4. The van der Waals surface area contributed by atoms with Crippen LogP contribution in [-0.2, 0) is 33.3 Å². The first kappa shape index (κ1) is 93.2. The number of hydrogen-bond donors (Lipinski definition) is 0. The van der Waals surface area contributed by atoms with Gasteiger partial charge in [0.25, 0.3) is 0 Å². The van der Waals surface area contributed by atoms with Gasteiger partial charge in [0.05, 0.1) is 40.3 Å². The Morgan fingerprint density at radius 3 is 0.887 bits per heavy atom. The Balaban J connectivity index is 3.99. The van der Waals surface area contributed by atoms with E-state index in [1.165, 1.54) is 263 Å². The third-order valence-corrected chi connectivity index (χ3v) is 18.3. The van der Waals surface area contributed by atoms with E-state index in [9.17, 15) is 19.5 Å². The van der Waals surface area contributed by atoms with Gasteiger partial charge in [0.1, 0.15) is 13.2 Å². The molecule has 0 bridgehead atoms. The Bertz CT molecular complexity index is 1920. The standard InChI is InChI=1S/C88H157NO8/c1-6-8-10-12-14-16-18-20-22-24-26-28-30-32-34-36-38-40-41-42-43-44-45-47-48-50-52-54-56-58-60-62-64-66-68-70-72-74-76-78-85(90)95-82-84(83-96-88(87(92)93)94-81-80-89(3,4)5)97-86(91)79-77-75-73-71-69-67-65-63-61-59-57-55-53-51-49-46-39-37-35-33-31-29-27-25-23-21-19-17-15-13-11-9-7-2/h9,11,15,17,21,23-24,26-27,29,33,35,39,46,51,53,84,88H,6-8,10,12-14,16,18-20,22,25,28,30-32,34,36-38,40-45,47-50,52,54-83H2,1-5H3/b11-9-,17-15-,23-21-,26-24-,29-27-,35-33-,46-39-,53-51-. The van der Waals surface area contributed by atoms with Crippen LogP contribution in [0.25, 0.3) is 0 Å². The Hall–Kier alpha value is -3.79. The van der Waals surface area contributed by atoms with Crippen LogP contribution < -0.4 is 5.11 Å². The molecule has 0 aromatic heterocycles. The number of likely N-dealkylation sites (N-methyl/N-ethyl adjacent to an activating group) is 1. The first-order valence-electron chi connectivity index (χ1n) is 41.4. The molecule has 0 aromatic rings. The van der Waals surface area contributed by atoms with Crippen LogP contribution in [0.15, 0.2) is 97.2 Å². The molecule has 0 fully saturated rings. The predicted octanol–water partition coefficient (Wildman–Crippen LogP) is 25.4. The summed E-state index contributed by atoms with van der Waals surface area (Å²) in [7, 11) is 5.94. The molecule has 0 spiro atoms. The minimum Gasteiger partial charge on any atom is -0.545 e. The van der Waals surface area contributed by atoms with Gasteiger partial charge in [-0.15, -0.1) is 0 Å². The van der Waals surface area contributed by atoms with Crippen molar-refractivity contribution in [3.63, 3.8) is 0 Å². The molecule has 9 nitrogen and oxygen atoms in total. The zero-order valence-corrected chi connectivity index (χ0v) is 64.4. The van der Waals surface area contributed by atoms with Crippen molar-refractivity contribution in [2.24, 2.45) is 0 Å². The van der Waals surface area contributed by atoms with Crippen molar-refractivity contribution in [3.05, 3.63) is 97.2 Å². The van der Waals surface area contributed by atoms with Crippen LogP contribution in [0.4, 0.5) is 0 Å². The molecule has 0 amide bonds. The summed E-state index contributed by atoms with van der Waals surface area (Å²) < 4.78 is 22.9. The van der Waals surface area contributed by atoms with Crippen LogP contribution in [0, 0.1) is 0 Å². The lowest BCUT2D eigenvalue weighted by Gasteiger charge is -2.26. The van der Waals surface area contributed by atoms with Gasteiger partial charge in [0.2, 0.25) is 0 Å². The Morgan fingerprint density at radius 1 is 0.320 bits per heavy atom. The molecule has 562 valence electrons. The van der Waals surface area contributed by atoms with Crippen molar-refractivity contribution in [1.82, 2.24) is 0 Å². The summed E-state index contributed by atoms with van der Waals surface area (Å²) in [5, 5.41) is 11.9. The molecule has 0 N–H and O–H groups in total. The summed E-state index contributed by atoms with van der Waals surface area (Å²) in [6.07, 6.45) is 105. The van der Waals surface area contributed by atoms with Crippen LogP contribution in [0.1, 0.15) is 386 Å². The van der Waals surface area contributed by atoms with Crippen molar-refractivity contribution in [1.29, 1.82) is 0 Å². The quantitative estimate of drug-likeness (QED) is 0.0195. The van der Waals surface area contributed by atoms with Crippen LogP contribution >= 0.6 is 0 Å². The highest BCUT2D eigenvalue weighted by atomic mass is 16.7. The molecule has 0 aliphatic carbocycles. The fourth-order valence-electron chi connectivity index (χ4n) is 12.0. The molecule has 0 aliphatic rings. The predicted molar refractivity (Wildman–Crippen MR) is 417 cm³/mol. The van der Waals surface area contributed by atoms with Gasteiger partial charge in [0.15, 0.2) is 12.4 Å². The molecule has 2 unspecified atom stereocenters. The van der Waals surface area contributed by atoms with E-state index in [-0.39, 0.29) is 32.2 Å². The van der Waals surface area contributed by atoms with Crippen LogP contribution in [-0.4, -0.2) is 82.3 Å². The van der Waals surface area contributed by atoms with E-state index in [1.807, 2.05) is 21.1 Å². The second-order valence-corrected chi connectivity index (χ2v) is 29.0. The third kappa shape index (κ3) is 79.4. The molecule has 0 radical (unpaired) electrons. The zero-order chi connectivity index (χ0) is 70.4. The van der Waals surface area contributed by atoms with Gasteiger partial charge in [-0.3, -0.25) is 9.59 Å². The number of nitrogens with zero attached hydrogens (tertiary/aromatic N) is 1. The van der Waals surface area contributed by atoms with Crippen LogP contribution in [0.5, 0.6) is 0 Å². The fourth-order valence-corrected chi connectivity index (χ4v) is 12.0. The summed E-state index contributed by atoms with van der Waals surface area (Å²) >= 11 is 0. The molecule has 2 atom stereocenters. The molecule has 9 heteroatoms. The Labute approximate surface area is 601 Å². The average Bonchev–Trinajstić information content (AvgIpc) is 2.59. The third-order valence-electron chi connectivity index (χ3n) is 18.3. The SMILES string of the molecule is CC/C=C\C/C=C\C/C=C\C/C=C\C/C=C\C/C=C\C/C=C\CCCCCCCCCCCCCC(=O)OC(COC(=O)CCCCCCCCCCCCCCCCCCCCCCCCCCCCC/C=C\CCCCCCCCCC)COC(OCC[N+](C)(C)C)C(=O)[O-]. The van der Waals surface area contributed by atoms with Gasteiger partial charge in [0, 0.05) is 12.8 Å². The van der Waals surface area contributed by atoms with Crippen molar-refractivity contribution in [2.45, 2.75) is 399 Å². The number of carbonyl (C=O) groups excluding carboxylic acids is 3. The normalized spacial score (nSPS) is 13.1. The van der Waals surface area contributed by atoms with E-state index in [4.69, 9.17) is 18.9 Å². The number of carbonyl (C=O) groups is 3. The molecule has 0 aliphatic heterocycles. The number of esters is 2. The van der Waals surface area contributed by atoms with Crippen LogP contribution in [0.2, 0.25) is 0 Å². The lowest BCUT2D eigenvalue weighted by molar-refractivity contribution is -0.870. The smallest absolute Gasteiger partial charge is 0.306 e. The summed E-state index contributed by atoms with van der Waals surface area (Å²) in [6, 6.07) is 0. The maximum absolute atomic E-state index is 13.0. The number of rotatable bonds is 77. The number of allylic oxidation sites excluding steroid dienone is 16. The lowest BCUT2D eigenvalue weighted by atomic mass is 10.0. The van der Waals surface area contributed by atoms with Gasteiger partial charge in [-0.25, -0.2) is 0 Å². The largest absolute Gasteiger partial charge is 0.545 e. The van der Waals surface area contributed by atoms with E-state index >= 15 is 0 Å². The number of unbranched alkanes of at least 4 members (excludes halogenated alkanes) is 46. The van der Waals surface area contributed by atoms with Crippen molar-refractivity contribution < 1.29 is 42.9 Å². The van der Waals surface area contributed by atoms with E-state index in [2.05, 4.69) is 111 Å². The Morgan fingerprint density at radius 2 is 0.588 bits per heavy atom. The van der Waals surface area contributed by atoms with Gasteiger partial charge < -0.3 is 33.3 Å². The molecular weight excluding hydrogens is 1200 g/mol. The second kappa shape index (κ2) is 77.9. The van der Waals surface area contributed by atoms with Gasteiger partial charge in [-0.1, -0.05) is 374 Å². The van der Waals surface area contributed by atoms with Crippen molar-refractivity contribution >= 4 is 17.9 Å². The van der Waals surface area contributed by atoms with Crippen LogP contribution in [0.3, 0.4) is 0 Å². The number of aliphatic carboxylic acids is 1. The molecule has 0 heterocycles. The van der Waals surface area contributed by atoms with E-state index in [0.717, 1.165) is 89.9 Å². The maximum Gasteiger partial charge on any atom is 0.306 e. The highest BCUT2D eigenvalue weighted by molar-refractivity contribution is 5.70. The number of ether oxygens (including phenoxy) is 4. The van der Waals surface area contributed by atoms with Gasteiger partial charge in [-0.05, 0) is 96.3 Å². The molecular formula is C88H157NO8. The fraction of sp³-hybridized carbons (Fsp3) is 0.784. The highest BCUT2D eigenvalue weighted by Crippen LogP contribution is 2.19. The maximum atomic E-state index is 13.0. The summed E-state index contributed by atoms with van der Waals surface area (Å²) in [5.41, 5.74) is 0. The van der Waals surface area contributed by atoms with Crippen molar-refractivity contribution in [3.8, 4) is 0 Å². The molecule has 0 rings (SSSR count). The number of carboxylic acid groups (broad SMARTS) is 1.